The van der Waals surface area contributed by atoms with Gasteiger partial charge in [-0.3, -0.25) is 0 Å². The first-order valence-electron chi connectivity index (χ1n) is 7.76. The van der Waals surface area contributed by atoms with Crippen LogP contribution >= 0.6 is 0 Å². The third kappa shape index (κ3) is 3.72. The summed E-state index contributed by atoms with van der Waals surface area (Å²) in [5.74, 6) is 0.364. The summed E-state index contributed by atoms with van der Waals surface area (Å²) in [5.41, 5.74) is 2.60. The fraction of sp³-hybridized carbons (Fsp3) is 0.611. The van der Waals surface area contributed by atoms with Crippen LogP contribution in [-0.4, -0.2) is 21.4 Å². The summed E-state index contributed by atoms with van der Waals surface area (Å²) in [6.45, 7) is 18.9. The molecule has 0 spiro atoms. The average molecular weight is 323 g/mol. The van der Waals surface area contributed by atoms with Crippen LogP contribution in [0.3, 0.4) is 0 Å². The van der Waals surface area contributed by atoms with Crippen molar-refractivity contribution < 1.29 is 14.0 Å². The zero-order chi connectivity index (χ0) is 17.3. The van der Waals surface area contributed by atoms with E-state index in [0.29, 0.717) is 11.3 Å². The molecule has 1 aliphatic rings. The normalized spacial score (nSPS) is 19.6. The number of carbonyl (C=O) groups is 1. The molecule has 0 saturated heterocycles. The van der Waals surface area contributed by atoms with E-state index in [0.717, 1.165) is 17.6 Å². The Hall–Kier alpha value is -1.29. The number of hydrogen-bond donors (Lipinski definition) is 0. The number of allylic oxidation sites excluding steroid dienone is 3. The summed E-state index contributed by atoms with van der Waals surface area (Å²) in [4.78, 5) is 12.4. The second kappa shape index (κ2) is 6.45. The number of ether oxygens (including phenoxy) is 1. The number of hydrogen-bond acceptors (Lipinski definition) is 3. The first-order valence-corrected chi connectivity index (χ1v) is 10.7. The van der Waals surface area contributed by atoms with Crippen LogP contribution in [0.2, 0.25) is 18.1 Å². The third-order valence-electron chi connectivity index (χ3n) is 4.77. The van der Waals surface area contributed by atoms with Crippen LogP contribution in [0.5, 0.6) is 0 Å². The van der Waals surface area contributed by atoms with Gasteiger partial charge in [-0.15, -0.1) is 0 Å². The van der Waals surface area contributed by atoms with Crippen LogP contribution in [0.1, 0.15) is 41.0 Å². The number of carbonyl (C=O) groups excluding carboxylic acids is 1. The fourth-order valence-electron chi connectivity index (χ4n) is 2.21. The summed E-state index contributed by atoms with van der Waals surface area (Å²) in [6.07, 6.45) is 2.91. The summed E-state index contributed by atoms with van der Waals surface area (Å²) in [6, 6.07) is 0. The van der Waals surface area contributed by atoms with Gasteiger partial charge in [0, 0.05) is 5.92 Å². The SMILES string of the molecule is C=C(C)C1CC=C(C)C(O[Si](C)(C)C(C)(C)C)=C1C(=O)OC. The minimum Gasteiger partial charge on any atom is -0.543 e. The molecule has 3 nitrogen and oxygen atoms in total. The zero-order valence-corrected chi connectivity index (χ0v) is 16.3. The van der Waals surface area contributed by atoms with Crippen molar-refractivity contribution in [2.24, 2.45) is 5.92 Å². The molecular weight excluding hydrogens is 292 g/mol. The summed E-state index contributed by atoms with van der Waals surface area (Å²) >= 11 is 0. The Kier molecular flexibility index (Phi) is 5.50. The standard InChI is InChI=1S/C18H30O3Si/c1-12(2)14-11-10-13(3)16(15(14)17(19)20-7)21-22(8,9)18(4,5)6/h10,14H,1,11H2,2-9H3. The number of methoxy groups -OCH3 is 1. The van der Waals surface area contributed by atoms with Gasteiger partial charge in [-0.1, -0.05) is 39.0 Å². The van der Waals surface area contributed by atoms with E-state index in [4.69, 9.17) is 9.16 Å². The van der Waals surface area contributed by atoms with Gasteiger partial charge in [-0.05, 0) is 44.0 Å². The highest BCUT2D eigenvalue weighted by molar-refractivity contribution is 6.74. The molecule has 1 rings (SSSR count). The molecule has 0 fully saturated rings. The topological polar surface area (TPSA) is 35.5 Å². The monoisotopic (exact) mass is 322 g/mol. The van der Waals surface area contributed by atoms with E-state index in [1.165, 1.54) is 7.11 Å². The molecule has 0 aromatic heterocycles. The predicted octanol–water partition coefficient (Wildman–Crippen LogP) is 4.98. The van der Waals surface area contributed by atoms with Gasteiger partial charge in [0.05, 0.1) is 12.7 Å². The lowest BCUT2D eigenvalue weighted by Gasteiger charge is -2.39. The van der Waals surface area contributed by atoms with Crippen molar-refractivity contribution in [3.8, 4) is 0 Å². The molecule has 0 amide bonds. The van der Waals surface area contributed by atoms with E-state index in [1.807, 2.05) is 13.8 Å². The minimum absolute atomic E-state index is 0.0316. The molecule has 124 valence electrons. The molecule has 0 radical (unpaired) electrons. The highest BCUT2D eigenvalue weighted by Gasteiger charge is 2.42. The van der Waals surface area contributed by atoms with Gasteiger partial charge < -0.3 is 9.16 Å². The fourth-order valence-corrected chi connectivity index (χ4v) is 3.30. The Morgan fingerprint density at radius 3 is 2.32 bits per heavy atom. The second-order valence-corrected chi connectivity index (χ2v) is 12.3. The number of esters is 1. The molecule has 0 bridgehead atoms. The van der Waals surface area contributed by atoms with Crippen molar-refractivity contribution in [3.63, 3.8) is 0 Å². The van der Waals surface area contributed by atoms with Gasteiger partial charge in [0.2, 0.25) is 0 Å². The zero-order valence-electron chi connectivity index (χ0n) is 15.3. The van der Waals surface area contributed by atoms with Gasteiger partial charge in [0.25, 0.3) is 8.32 Å². The first kappa shape index (κ1) is 18.8. The lowest BCUT2D eigenvalue weighted by Crippen LogP contribution is -2.41. The number of rotatable bonds is 4. The Balaban J connectivity index is 3.42. The van der Waals surface area contributed by atoms with E-state index in [-0.39, 0.29) is 16.9 Å². The van der Waals surface area contributed by atoms with E-state index >= 15 is 0 Å². The van der Waals surface area contributed by atoms with Crippen molar-refractivity contribution >= 4 is 14.3 Å². The van der Waals surface area contributed by atoms with E-state index in [2.05, 4.69) is 46.5 Å². The van der Waals surface area contributed by atoms with Crippen LogP contribution in [0.15, 0.2) is 35.1 Å². The van der Waals surface area contributed by atoms with Crippen molar-refractivity contribution in [2.75, 3.05) is 7.11 Å². The Bertz CT molecular complexity index is 533. The Morgan fingerprint density at radius 1 is 1.36 bits per heavy atom. The maximum atomic E-state index is 12.4. The molecule has 0 aliphatic heterocycles. The second-order valence-electron chi connectivity index (χ2n) is 7.62. The molecule has 0 N–H and O–H groups in total. The van der Waals surface area contributed by atoms with Crippen molar-refractivity contribution in [1.29, 1.82) is 0 Å². The Labute approximate surface area is 136 Å². The van der Waals surface area contributed by atoms with E-state index in [1.54, 1.807) is 0 Å². The highest BCUT2D eigenvalue weighted by atomic mass is 28.4. The summed E-state index contributed by atoms with van der Waals surface area (Å²) in [7, 11) is -0.616. The minimum atomic E-state index is -2.04. The highest BCUT2D eigenvalue weighted by Crippen LogP contribution is 2.42. The third-order valence-corrected chi connectivity index (χ3v) is 9.10. The largest absolute Gasteiger partial charge is 0.543 e. The maximum Gasteiger partial charge on any atom is 0.338 e. The van der Waals surface area contributed by atoms with Gasteiger partial charge in [-0.25, -0.2) is 4.79 Å². The molecule has 22 heavy (non-hydrogen) atoms. The van der Waals surface area contributed by atoms with Crippen molar-refractivity contribution in [3.05, 3.63) is 35.1 Å². The van der Waals surface area contributed by atoms with Crippen LogP contribution in [-0.2, 0) is 14.0 Å². The van der Waals surface area contributed by atoms with Gasteiger partial charge in [-0.2, -0.15) is 0 Å². The van der Waals surface area contributed by atoms with Crippen LogP contribution < -0.4 is 0 Å². The van der Waals surface area contributed by atoms with Crippen molar-refractivity contribution in [1.82, 2.24) is 0 Å². The quantitative estimate of drug-likeness (QED) is 0.416. The molecule has 0 aromatic rings. The lowest BCUT2D eigenvalue weighted by atomic mass is 9.83. The van der Waals surface area contributed by atoms with E-state index in [9.17, 15) is 4.79 Å². The summed E-state index contributed by atoms with van der Waals surface area (Å²) in [5, 5.41) is 0.0671. The molecule has 1 atom stereocenters. The molecule has 0 aromatic carbocycles. The smallest absolute Gasteiger partial charge is 0.338 e. The Morgan fingerprint density at radius 2 is 1.91 bits per heavy atom. The van der Waals surface area contributed by atoms with Crippen molar-refractivity contribution in [2.45, 2.75) is 59.2 Å². The summed E-state index contributed by atoms with van der Waals surface area (Å²) < 4.78 is 11.5. The molecule has 4 heteroatoms. The molecule has 0 heterocycles. The molecule has 0 saturated carbocycles. The lowest BCUT2D eigenvalue weighted by molar-refractivity contribution is -0.136. The van der Waals surface area contributed by atoms with Gasteiger partial charge >= 0.3 is 5.97 Å². The van der Waals surface area contributed by atoms with Crippen LogP contribution in [0.25, 0.3) is 0 Å². The molecule has 1 aliphatic carbocycles. The van der Waals surface area contributed by atoms with Crippen LogP contribution in [0.4, 0.5) is 0 Å². The maximum absolute atomic E-state index is 12.4. The predicted molar refractivity (Wildman–Crippen MR) is 94.0 cm³/mol. The van der Waals surface area contributed by atoms with Gasteiger partial charge in [0.1, 0.15) is 5.76 Å². The molecule has 1 unspecified atom stereocenters. The van der Waals surface area contributed by atoms with E-state index < -0.39 is 8.32 Å². The first-order chi connectivity index (χ1) is 9.92. The average Bonchev–Trinajstić information content (AvgIpc) is 2.38. The van der Waals surface area contributed by atoms with Crippen LogP contribution in [0, 0.1) is 5.92 Å². The molecular formula is C18H30O3Si. The van der Waals surface area contributed by atoms with Gasteiger partial charge in [0.15, 0.2) is 0 Å².